The van der Waals surface area contributed by atoms with E-state index in [-0.39, 0.29) is 10.8 Å². The molecule has 0 aliphatic carbocycles. The zero-order valence-corrected chi connectivity index (χ0v) is 25.7. The maximum Gasteiger partial charge on any atom is 0.267 e. The topological polar surface area (TPSA) is 105 Å². The molecular weight excluding hydrogens is 550 g/mol. The SMILES string of the molecule is CCc1c(Oc2cccc(N3CCN(C)CC3)c2)nc(NS(=O)(=O)c2cnn(C)c2)nc1-c1ccccc1CC(C)C. The molecule has 1 aliphatic rings. The first kappa shape index (κ1) is 29.5. The zero-order valence-electron chi connectivity index (χ0n) is 24.9. The molecule has 1 aliphatic heterocycles. The fourth-order valence-electron chi connectivity index (χ4n) is 5.14. The molecule has 4 aromatic rings. The van der Waals surface area contributed by atoms with Crippen LogP contribution in [0.15, 0.2) is 65.8 Å². The number of hydrogen-bond acceptors (Lipinski definition) is 8. The van der Waals surface area contributed by atoms with Gasteiger partial charge in [0.15, 0.2) is 0 Å². The lowest BCUT2D eigenvalue weighted by molar-refractivity contribution is 0.312. The van der Waals surface area contributed by atoms with Gasteiger partial charge in [-0.1, -0.05) is 51.1 Å². The van der Waals surface area contributed by atoms with Crippen molar-refractivity contribution >= 4 is 21.7 Å². The summed E-state index contributed by atoms with van der Waals surface area (Å²) in [5.41, 5.74) is 4.60. The Morgan fingerprint density at radius 3 is 2.45 bits per heavy atom. The van der Waals surface area contributed by atoms with Gasteiger partial charge in [-0.2, -0.15) is 10.1 Å². The molecule has 0 saturated carbocycles. The van der Waals surface area contributed by atoms with Crippen LogP contribution < -0.4 is 14.4 Å². The van der Waals surface area contributed by atoms with Gasteiger partial charge in [-0.25, -0.2) is 18.1 Å². The minimum Gasteiger partial charge on any atom is -0.438 e. The molecule has 0 bridgehead atoms. The van der Waals surface area contributed by atoms with Crippen LogP contribution in [0.2, 0.25) is 0 Å². The maximum absolute atomic E-state index is 13.2. The molecule has 222 valence electrons. The Hall–Kier alpha value is -3.96. The molecule has 3 heterocycles. The quantitative estimate of drug-likeness (QED) is 0.276. The summed E-state index contributed by atoms with van der Waals surface area (Å²) in [6.07, 6.45) is 4.17. The molecule has 42 heavy (non-hydrogen) atoms. The summed E-state index contributed by atoms with van der Waals surface area (Å²) in [5.74, 6) is 1.31. The van der Waals surface area contributed by atoms with Crippen LogP contribution in [0.25, 0.3) is 11.3 Å². The van der Waals surface area contributed by atoms with Crippen molar-refractivity contribution < 1.29 is 13.2 Å². The molecular formula is C31H39N7O3S. The highest BCUT2D eigenvalue weighted by Gasteiger charge is 2.24. The van der Waals surface area contributed by atoms with Gasteiger partial charge < -0.3 is 14.5 Å². The van der Waals surface area contributed by atoms with Crippen LogP contribution in [-0.4, -0.2) is 66.3 Å². The first-order chi connectivity index (χ1) is 20.1. The molecule has 0 amide bonds. The number of aryl methyl sites for hydroxylation is 1. The maximum atomic E-state index is 13.2. The van der Waals surface area contributed by atoms with Crippen molar-refractivity contribution in [3.05, 3.63) is 72.1 Å². The Morgan fingerprint density at radius 2 is 1.76 bits per heavy atom. The van der Waals surface area contributed by atoms with E-state index in [1.165, 1.54) is 17.1 Å². The zero-order chi connectivity index (χ0) is 29.9. The Balaban J connectivity index is 1.58. The average Bonchev–Trinajstić information content (AvgIpc) is 3.40. The Kier molecular flexibility index (Phi) is 8.79. The van der Waals surface area contributed by atoms with E-state index in [0.717, 1.165) is 55.0 Å². The van der Waals surface area contributed by atoms with E-state index in [1.54, 1.807) is 7.05 Å². The van der Waals surface area contributed by atoms with E-state index >= 15 is 0 Å². The van der Waals surface area contributed by atoms with Gasteiger partial charge in [0.1, 0.15) is 10.6 Å². The van der Waals surface area contributed by atoms with Crippen LogP contribution in [0, 0.1) is 5.92 Å². The number of ether oxygens (including phenoxy) is 1. The molecule has 11 heteroatoms. The summed E-state index contributed by atoms with van der Waals surface area (Å²) in [7, 11) is -0.182. The summed E-state index contributed by atoms with van der Waals surface area (Å²) in [6.45, 7) is 10.2. The van der Waals surface area contributed by atoms with Gasteiger partial charge in [-0.3, -0.25) is 4.68 Å². The smallest absolute Gasteiger partial charge is 0.267 e. The largest absolute Gasteiger partial charge is 0.438 e. The predicted molar refractivity (Wildman–Crippen MR) is 166 cm³/mol. The third kappa shape index (κ3) is 6.74. The highest BCUT2D eigenvalue weighted by atomic mass is 32.2. The first-order valence-electron chi connectivity index (χ1n) is 14.3. The molecule has 10 nitrogen and oxygen atoms in total. The molecule has 0 spiro atoms. The molecule has 5 rings (SSSR count). The summed E-state index contributed by atoms with van der Waals surface area (Å²) in [5, 5.41) is 4.01. The van der Waals surface area contributed by atoms with Gasteiger partial charge in [-0.15, -0.1) is 0 Å². The normalized spacial score (nSPS) is 14.4. The number of benzene rings is 2. The van der Waals surface area contributed by atoms with Gasteiger partial charge in [0, 0.05) is 62.3 Å². The molecule has 1 N–H and O–H groups in total. The van der Waals surface area contributed by atoms with Crippen LogP contribution in [0.5, 0.6) is 11.6 Å². The number of likely N-dealkylation sites (N-methyl/N-ethyl adjacent to an activating group) is 1. The van der Waals surface area contributed by atoms with Crippen molar-refractivity contribution in [2.24, 2.45) is 13.0 Å². The number of nitrogens with zero attached hydrogens (tertiary/aromatic N) is 6. The van der Waals surface area contributed by atoms with Crippen molar-refractivity contribution in [3.63, 3.8) is 0 Å². The van der Waals surface area contributed by atoms with Crippen molar-refractivity contribution in [1.29, 1.82) is 0 Å². The highest BCUT2D eigenvalue weighted by Crippen LogP contribution is 2.36. The minimum atomic E-state index is -3.98. The number of aromatic nitrogens is 4. The summed E-state index contributed by atoms with van der Waals surface area (Å²) in [6, 6.07) is 16.1. The second-order valence-corrected chi connectivity index (χ2v) is 12.8. The number of anilines is 2. The van der Waals surface area contributed by atoms with Crippen LogP contribution in [0.4, 0.5) is 11.6 Å². The van der Waals surface area contributed by atoms with Crippen molar-refractivity contribution in [2.75, 3.05) is 42.8 Å². The van der Waals surface area contributed by atoms with Gasteiger partial charge in [-0.05, 0) is 43.5 Å². The number of nitrogens with one attached hydrogen (secondary N) is 1. The standard InChI is InChI=1S/C31H39N7O3S/c1-6-27-29(28-13-8-7-10-23(28)18-22(2)3)33-31(35-42(39,40)26-20-32-37(5)21-26)34-30(27)41-25-12-9-11-24(19-25)38-16-14-36(4)15-17-38/h7-13,19-22H,6,14-18H2,1-5H3,(H,33,34,35). The fourth-order valence-corrected chi connectivity index (χ4v) is 6.07. The lowest BCUT2D eigenvalue weighted by Crippen LogP contribution is -2.44. The molecule has 0 unspecified atom stereocenters. The number of sulfonamides is 1. The fraction of sp³-hybridized carbons (Fsp3) is 0.387. The number of hydrogen-bond donors (Lipinski definition) is 1. The van der Waals surface area contributed by atoms with Crippen molar-refractivity contribution in [2.45, 2.75) is 38.5 Å². The van der Waals surface area contributed by atoms with Crippen molar-refractivity contribution in [3.8, 4) is 22.9 Å². The number of piperazine rings is 1. The summed E-state index contributed by atoms with van der Waals surface area (Å²) >= 11 is 0. The molecule has 1 fully saturated rings. The van der Waals surface area contributed by atoms with Gasteiger partial charge in [0.25, 0.3) is 10.0 Å². The second-order valence-electron chi connectivity index (χ2n) is 11.1. The van der Waals surface area contributed by atoms with E-state index < -0.39 is 10.0 Å². The van der Waals surface area contributed by atoms with Crippen LogP contribution in [0.3, 0.4) is 0 Å². The van der Waals surface area contributed by atoms with E-state index in [9.17, 15) is 8.42 Å². The van der Waals surface area contributed by atoms with Crippen LogP contribution >= 0.6 is 0 Å². The summed E-state index contributed by atoms with van der Waals surface area (Å²) < 4.78 is 37.0. The summed E-state index contributed by atoms with van der Waals surface area (Å²) in [4.78, 5) is 14.1. The molecule has 0 radical (unpaired) electrons. The van der Waals surface area contributed by atoms with Crippen LogP contribution in [0.1, 0.15) is 31.9 Å². The minimum absolute atomic E-state index is 0.0253. The van der Waals surface area contributed by atoms with E-state index in [1.807, 2.05) is 43.3 Å². The Bertz CT molecular complexity index is 1640. The van der Waals surface area contributed by atoms with E-state index in [4.69, 9.17) is 9.72 Å². The average molecular weight is 590 g/mol. The van der Waals surface area contributed by atoms with Gasteiger partial charge in [0.2, 0.25) is 11.8 Å². The van der Waals surface area contributed by atoms with Crippen LogP contribution in [-0.2, 0) is 29.9 Å². The van der Waals surface area contributed by atoms with E-state index in [2.05, 4.69) is 57.6 Å². The molecule has 0 atom stereocenters. The molecule has 1 saturated heterocycles. The highest BCUT2D eigenvalue weighted by molar-refractivity contribution is 7.92. The molecule has 2 aromatic carbocycles. The van der Waals surface area contributed by atoms with Gasteiger partial charge in [0.05, 0.1) is 11.9 Å². The second kappa shape index (κ2) is 12.5. The Morgan fingerprint density at radius 1 is 1.00 bits per heavy atom. The third-order valence-electron chi connectivity index (χ3n) is 7.34. The Labute approximate surface area is 248 Å². The monoisotopic (exact) mass is 589 g/mol. The first-order valence-corrected chi connectivity index (χ1v) is 15.8. The third-order valence-corrected chi connectivity index (χ3v) is 8.62. The lowest BCUT2D eigenvalue weighted by atomic mass is 9.94. The van der Waals surface area contributed by atoms with Gasteiger partial charge >= 0.3 is 0 Å². The number of rotatable bonds is 10. The van der Waals surface area contributed by atoms with Crippen molar-refractivity contribution in [1.82, 2.24) is 24.6 Å². The predicted octanol–water partition coefficient (Wildman–Crippen LogP) is 4.98. The molecule has 2 aromatic heterocycles. The lowest BCUT2D eigenvalue weighted by Gasteiger charge is -2.34. The van der Waals surface area contributed by atoms with E-state index in [0.29, 0.717) is 29.7 Å².